The molecular formula is C14H22N2S. The minimum absolute atomic E-state index is 0.667. The van der Waals surface area contributed by atoms with Crippen LogP contribution in [-0.2, 0) is 6.54 Å². The lowest BCUT2D eigenvalue weighted by atomic mass is 9.95. The van der Waals surface area contributed by atoms with Gasteiger partial charge in [-0.1, -0.05) is 18.9 Å². The molecule has 2 nitrogen and oxygen atoms in total. The molecule has 0 amide bonds. The molecule has 2 rings (SSSR count). The second-order valence-corrected chi connectivity index (χ2v) is 5.89. The van der Waals surface area contributed by atoms with E-state index in [0.717, 1.165) is 11.8 Å². The number of rotatable bonds is 4. The number of pyridine rings is 1. The summed E-state index contributed by atoms with van der Waals surface area (Å²) in [5.74, 6) is 0. The molecule has 1 fully saturated rings. The largest absolute Gasteiger partial charge is 0.307 e. The maximum Gasteiger partial charge on any atom is 0.0570 e. The van der Waals surface area contributed by atoms with Crippen molar-refractivity contribution in [3.05, 3.63) is 29.6 Å². The molecule has 2 atom stereocenters. The van der Waals surface area contributed by atoms with Gasteiger partial charge < -0.3 is 5.32 Å². The molecule has 3 heteroatoms. The molecule has 0 spiro atoms. The minimum atomic E-state index is 0.667. The Bertz CT molecular complexity index is 354. The van der Waals surface area contributed by atoms with Crippen molar-refractivity contribution in [2.75, 3.05) is 6.26 Å². The highest BCUT2D eigenvalue weighted by Gasteiger charge is 2.23. The van der Waals surface area contributed by atoms with E-state index in [-0.39, 0.29) is 0 Å². The standard InChI is InChI=1S/C14H22N2S/c1-11-6-5-9-15-13(11)10-16-12-7-3-4-8-14(12)17-2/h5-6,9,12,14,16H,3-4,7-8,10H2,1-2H3. The third kappa shape index (κ3) is 3.46. The number of aryl methyl sites for hydroxylation is 1. The van der Waals surface area contributed by atoms with Crippen LogP contribution in [0.3, 0.4) is 0 Å². The average Bonchev–Trinajstić information content (AvgIpc) is 2.38. The Morgan fingerprint density at radius 1 is 1.41 bits per heavy atom. The molecule has 0 radical (unpaired) electrons. The summed E-state index contributed by atoms with van der Waals surface area (Å²) < 4.78 is 0. The third-order valence-corrected chi connectivity index (χ3v) is 4.82. The van der Waals surface area contributed by atoms with Gasteiger partial charge in [0.25, 0.3) is 0 Å². The molecule has 2 unspecified atom stereocenters. The first-order valence-corrected chi connectivity index (χ1v) is 7.76. The lowest BCUT2D eigenvalue weighted by molar-refractivity contribution is 0.381. The smallest absolute Gasteiger partial charge is 0.0570 e. The predicted molar refractivity (Wildman–Crippen MR) is 75.4 cm³/mol. The van der Waals surface area contributed by atoms with Gasteiger partial charge in [-0.25, -0.2) is 0 Å². The van der Waals surface area contributed by atoms with E-state index in [4.69, 9.17) is 0 Å². The van der Waals surface area contributed by atoms with Crippen LogP contribution >= 0.6 is 11.8 Å². The maximum atomic E-state index is 4.44. The molecule has 17 heavy (non-hydrogen) atoms. The minimum Gasteiger partial charge on any atom is -0.307 e. The topological polar surface area (TPSA) is 24.9 Å². The van der Waals surface area contributed by atoms with Crippen LogP contribution in [0.1, 0.15) is 36.9 Å². The van der Waals surface area contributed by atoms with E-state index < -0.39 is 0 Å². The van der Waals surface area contributed by atoms with E-state index in [1.165, 1.54) is 36.9 Å². The van der Waals surface area contributed by atoms with Gasteiger partial charge in [0.1, 0.15) is 0 Å². The Hall–Kier alpha value is -0.540. The van der Waals surface area contributed by atoms with Crippen molar-refractivity contribution in [1.82, 2.24) is 10.3 Å². The van der Waals surface area contributed by atoms with Gasteiger partial charge in [-0.3, -0.25) is 4.98 Å². The highest BCUT2D eigenvalue weighted by atomic mass is 32.2. The molecule has 0 aliphatic heterocycles. The number of hydrogen-bond acceptors (Lipinski definition) is 3. The van der Waals surface area contributed by atoms with Crippen LogP contribution in [0.5, 0.6) is 0 Å². The Balaban J connectivity index is 1.90. The highest BCUT2D eigenvalue weighted by molar-refractivity contribution is 7.99. The molecule has 1 heterocycles. The molecule has 1 aromatic heterocycles. The summed E-state index contributed by atoms with van der Waals surface area (Å²) in [4.78, 5) is 4.44. The summed E-state index contributed by atoms with van der Waals surface area (Å²) in [5, 5.41) is 4.48. The van der Waals surface area contributed by atoms with E-state index in [2.05, 4.69) is 29.5 Å². The fraction of sp³-hybridized carbons (Fsp3) is 0.643. The fourth-order valence-electron chi connectivity index (χ4n) is 2.54. The number of nitrogens with one attached hydrogen (secondary N) is 1. The maximum absolute atomic E-state index is 4.44. The first-order valence-electron chi connectivity index (χ1n) is 6.48. The lowest BCUT2D eigenvalue weighted by Gasteiger charge is -2.31. The molecule has 1 aliphatic rings. The molecule has 1 aliphatic carbocycles. The monoisotopic (exact) mass is 250 g/mol. The zero-order chi connectivity index (χ0) is 12.1. The van der Waals surface area contributed by atoms with Crippen LogP contribution in [0.25, 0.3) is 0 Å². The van der Waals surface area contributed by atoms with Crippen LogP contribution in [0.15, 0.2) is 18.3 Å². The van der Waals surface area contributed by atoms with Gasteiger partial charge in [0.15, 0.2) is 0 Å². The Morgan fingerprint density at radius 3 is 3.00 bits per heavy atom. The molecule has 0 bridgehead atoms. The predicted octanol–water partition coefficient (Wildman–Crippen LogP) is 3.15. The van der Waals surface area contributed by atoms with Crippen molar-refractivity contribution < 1.29 is 0 Å². The normalized spacial score (nSPS) is 24.8. The average molecular weight is 250 g/mol. The summed E-state index contributed by atoms with van der Waals surface area (Å²) in [6.07, 6.45) is 9.56. The van der Waals surface area contributed by atoms with Gasteiger partial charge >= 0.3 is 0 Å². The van der Waals surface area contributed by atoms with Crippen molar-refractivity contribution in [1.29, 1.82) is 0 Å². The Labute approximate surface area is 109 Å². The second kappa shape index (κ2) is 6.41. The Morgan fingerprint density at radius 2 is 2.24 bits per heavy atom. The Kier molecular flexibility index (Phi) is 4.86. The molecule has 1 saturated carbocycles. The van der Waals surface area contributed by atoms with Gasteiger partial charge in [0, 0.05) is 24.0 Å². The van der Waals surface area contributed by atoms with Crippen molar-refractivity contribution in [2.24, 2.45) is 0 Å². The van der Waals surface area contributed by atoms with Gasteiger partial charge in [-0.05, 0) is 37.7 Å². The third-order valence-electron chi connectivity index (χ3n) is 3.65. The molecule has 1 N–H and O–H groups in total. The first kappa shape index (κ1) is 12.9. The molecule has 0 aromatic carbocycles. The van der Waals surface area contributed by atoms with E-state index >= 15 is 0 Å². The first-order chi connectivity index (χ1) is 8.31. The van der Waals surface area contributed by atoms with Gasteiger partial charge in [0.2, 0.25) is 0 Å². The summed E-state index contributed by atoms with van der Waals surface area (Å²) in [6, 6.07) is 4.81. The number of hydrogen-bond donors (Lipinski definition) is 1. The second-order valence-electron chi connectivity index (χ2n) is 4.81. The summed E-state index contributed by atoms with van der Waals surface area (Å²) in [7, 11) is 0. The van der Waals surface area contributed by atoms with E-state index in [0.29, 0.717) is 6.04 Å². The van der Waals surface area contributed by atoms with Gasteiger partial charge in [-0.15, -0.1) is 0 Å². The molecular weight excluding hydrogens is 228 g/mol. The van der Waals surface area contributed by atoms with Crippen LogP contribution in [0.4, 0.5) is 0 Å². The van der Waals surface area contributed by atoms with Crippen molar-refractivity contribution in [2.45, 2.75) is 50.4 Å². The fourth-order valence-corrected chi connectivity index (χ4v) is 3.51. The number of aromatic nitrogens is 1. The van der Waals surface area contributed by atoms with E-state index in [1.54, 1.807) is 0 Å². The van der Waals surface area contributed by atoms with E-state index in [9.17, 15) is 0 Å². The number of nitrogens with zero attached hydrogens (tertiary/aromatic N) is 1. The number of thioether (sulfide) groups is 1. The SMILES string of the molecule is CSC1CCCCC1NCc1ncccc1C. The summed E-state index contributed by atoms with van der Waals surface area (Å²) in [6.45, 7) is 3.05. The molecule has 1 aromatic rings. The van der Waals surface area contributed by atoms with Crippen LogP contribution in [0, 0.1) is 6.92 Å². The lowest BCUT2D eigenvalue weighted by Crippen LogP contribution is -2.40. The zero-order valence-electron chi connectivity index (χ0n) is 10.8. The zero-order valence-corrected chi connectivity index (χ0v) is 11.6. The van der Waals surface area contributed by atoms with Gasteiger partial charge in [-0.2, -0.15) is 11.8 Å². The van der Waals surface area contributed by atoms with Crippen molar-refractivity contribution in [3.8, 4) is 0 Å². The summed E-state index contributed by atoms with van der Waals surface area (Å²) in [5.41, 5.74) is 2.48. The van der Waals surface area contributed by atoms with E-state index in [1.807, 2.05) is 24.0 Å². The van der Waals surface area contributed by atoms with Crippen molar-refractivity contribution >= 4 is 11.8 Å². The molecule has 0 saturated heterocycles. The summed E-state index contributed by atoms with van der Waals surface area (Å²) >= 11 is 2.01. The van der Waals surface area contributed by atoms with Crippen LogP contribution in [-0.4, -0.2) is 22.5 Å². The van der Waals surface area contributed by atoms with Gasteiger partial charge in [0.05, 0.1) is 5.69 Å². The molecule has 94 valence electrons. The van der Waals surface area contributed by atoms with Crippen molar-refractivity contribution in [3.63, 3.8) is 0 Å². The highest BCUT2D eigenvalue weighted by Crippen LogP contribution is 2.27. The van der Waals surface area contributed by atoms with Crippen LogP contribution < -0.4 is 5.32 Å². The van der Waals surface area contributed by atoms with Crippen LogP contribution in [0.2, 0.25) is 0 Å². The quantitative estimate of drug-likeness (QED) is 0.888.